The molecule has 4 rings (SSSR count). The van der Waals surface area contributed by atoms with Crippen LogP contribution in [-0.2, 0) is 6.42 Å². The van der Waals surface area contributed by atoms with Crippen LogP contribution in [0.25, 0.3) is 22.3 Å². The number of fused-ring (bicyclic) bond motifs is 1. The molecule has 0 spiro atoms. The van der Waals surface area contributed by atoms with E-state index in [0.29, 0.717) is 28.5 Å². The lowest BCUT2D eigenvalue weighted by Gasteiger charge is -2.09. The Morgan fingerprint density at radius 3 is 2.62 bits per heavy atom. The van der Waals surface area contributed by atoms with Crippen LogP contribution < -0.4 is 11.1 Å². The highest BCUT2D eigenvalue weighted by Crippen LogP contribution is 2.32. The molecule has 0 fully saturated rings. The molecule has 0 radical (unpaired) electrons. The van der Waals surface area contributed by atoms with Gasteiger partial charge in [0.25, 0.3) is 5.91 Å². The van der Waals surface area contributed by atoms with E-state index in [-0.39, 0.29) is 11.9 Å². The largest absolute Gasteiger partial charge is 0.383 e. The predicted molar refractivity (Wildman–Crippen MR) is 126 cm³/mol. The van der Waals surface area contributed by atoms with E-state index >= 15 is 0 Å². The summed E-state index contributed by atoms with van der Waals surface area (Å²) in [5, 5.41) is 8.38. The van der Waals surface area contributed by atoms with Gasteiger partial charge in [-0.3, -0.25) is 4.79 Å². The molecule has 1 aromatic carbocycles. The van der Waals surface area contributed by atoms with E-state index in [2.05, 4.69) is 41.0 Å². The zero-order valence-electron chi connectivity index (χ0n) is 18.5. The van der Waals surface area contributed by atoms with Gasteiger partial charge < -0.3 is 11.1 Å². The number of pyridine rings is 1. The second-order valence-corrected chi connectivity index (χ2v) is 7.84. The third kappa shape index (κ3) is 4.16. The molecule has 1 amide bonds. The molecule has 3 heterocycles. The first-order valence-corrected chi connectivity index (χ1v) is 10.9. The van der Waals surface area contributed by atoms with Crippen LogP contribution in [0.3, 0.4) is 0 Å². The van der Waals surface area contributed by atoms with Crippen LogP contribution in [0.5, 0.6) is 0 Å². The van der Waals surface area contributed by atoms with Crippen molar-refractivity contribution in [3.63, 3.8) is 0 Å². The van der Waals surface area contributed by atoms with Crippen molar-refractivity contribution in [2.24, 2.45) is 0 Å². The zero-order valence-corrected chi connectivity index (χ0v) is 18.5. The van der Waals surface area contributed by atoms with E-state index in [4.69, 9.17) is 10.8 Å². The summed E-state index contributed by atoms with van der Waals surface area (Å²) in [4.78, 5) is 25.5. The maximum Gasteiger partial charge on any atom is 0.256 e. The highest BCUT2D eigenvalue weighted by atomic mass is 16.1. The van der Waals surface area contributed by atoms with Crippen LogP contribution in [0.2, 0.25) is 0 Å². The number of carbonyl (C=O) groups excluding carboxylic acids is 1. The van der Waals surface area contributed by atoms with E-state index < -0.39 is 0 Å². The fourth-order valence-corrected chi connectivity index (χ4v) is 3.63. The van der Waals surface area contributed by atoms with Crippen molar-refractivity contribution in [3.8, 4) is 11.3 Å². The minimum atomic E-state index is -0.212. The number of carbonyl (C=O) groups is 1. The van der Waals surface area contributed by atoms with Gasteiger partial charge in [0.15, 0.2) is 5.65 Å². The van der Waals surface area contributed by atoms with Gasteiger partial charge in [0.1, 0.15) is 23.7 Å². The number of nitrogens with two attached hydrogens (primary N) is 1. The maximum atomic E-state index is 12.7. The Balaban J connectivity index is 1.62. The van der Waals surface area contributed by atoms with E-state index in [9.17, 15) is 4.79 Å². The number of rotatable bonds is 7. The van der Waals surface area contributed by atoms with Crippen molar-refractivity contribution >= 4 is 28.6 Å². The van der Waals surface area contributed by atoms with Gasteiger partial charge in [-0.25, -0.2) is 19.6 Å². The highest BCUT2D eigenvalue weighted by Gasteiger charge is 2.19. The molecular weight excluding hydrogens is 402 g/mol. The minimum absolute atomic E-state index is 0.168. The van der Waals surface area contributed by atoms with Crippen molar-refractivity contribution in [2.45, 2.75) is 46.1 Å². The number of amides is 1. The Labute approximate surface area is 186 Å². The summed E-state index contributed by atoms with van der Waals surface area (Å²) < 4.78 is 1.89. The molecule has 8 nitrogen and oxygen atoms in total. The number of hydrogen-bond donors (Lipinski definition) is 2. The van der Waals surface area contributed by atoms with Crippen LogP contribution in [0.1, 0.15) is 55.6 Å². The van der Waals surface area contributed by atoms with Crippen LogP contribution in [0.15, 0.2) is 48.9 Å². The summed E-state index contributed by atoms with van der Waals surface area (Å²) in [6.07, 6.45) is 6.07. The monoisotopic (exact) mass is 429 g/mol. The summed E-state index contributed by atoms with van der Waals surface area (Å²) in [7, 11) is 0. The molecule has 0 saturated carbocycles. The smallest absolute Gasteiger partial charge is 0.256 e. The molecule has 0 aliphatic carbocycles. The fourth-order valence-electron chi connectivity index (χ4n) is 3.63. The maximum absolute atomic E-state index is 12.7. The molecule has 0 bridgehead atoms. The normalized spacial score (nSPS) is 12.1. The fraction of sp³-hybridized carbons (Fsp3) is 0.292. The molecule has 3 aromatic heterocycles. The van der Waals surface area contributed by atoms with Gasteiger partial charge in [-0.2, -0.15) is 5.10 Å². The predicted octanol–water partition coefficient (Wildman–Crippen LogP) is 4.65. The molecular formula is C24H27N7O. The van der Waals surface area contributed by atoms with Crippen molar-refractivity contribution in [3.05, 3.63) is 60.0 Å². The van der Waals surface area contributed by atoms with Gasteiger partial charge in [0, 0.05) is 17.3 Å². The van der Waals surface area contributed by atoms with Crippen LogP contribution in [0, 0.1) is 0 Å². The summed E-state index contributed by atoms with van der Waals surface area (Å²) in [5.74, 6) is 0.725. The SMILES string of the molecule is CCCc1ccnc(NC(=O)c2ccc(-c3nn(C(C)CC)c4ncnc(N)c34)cc2)c1. The molecule has 4 aromatic rings. The number of anilines is 2. The van der Waals surface area contributed by atoms with E-state index in [0.717, 1.165) is 35.8 Å². The zero-order chi connectivity index (χ0) is 22.7. The number of hydrogen-bond acceptors (Lipinski definition) is 6. The quantitative estimate of drug-likeness (QED) is 0.442. The van der Waals surface area contributed by atoms with E-state index in [1.807, 2.05) is 28.9 Å². The lowest BCUT2D eigenvalue weighted by atomic mass is 10.1. The molecule has 164 valence electrons. The lowest BCUT2D eigenvalue weighted by Crippen LogP contribution is -2.13. The molecule has 32 heavy (non-hydrogen) atoms. The van der Waals surface area contributed by atoms with Gasteiger partial charge in [0.05, 0.1) is 11.4 Å². The Hall–Kier alpha value is -3.81. The second kappa shape index (κ2) is 9.13. The van der Waals surface area contributed by atoms with Crippen LogP contribution >= 0.6 is 0 Å². The molecule has 0 aliphatic rings. The van der Waals surface area contributed by atoms with Gasteiger partial charge in [-0.1, -0.05) is 32.4 Å². The third-order valence-electron chi connectivity index (χ3n) is 5.55. The first-order valence-electron chi connectivity index (χ1n) is 10.9. The number of nitrogen functional groups attached to an aromatic ring is 1. The first kappa shape index (κ1) is 21.4. The van der Waals surface area contributed by atoms with Gasteiger partial charge in [-0.05, 0) is 49.6 Å². The average molecular weight is 430 g/mol. The summed E-state index contributed by atoms with van der Waals surface area (Å²) in [6, 6.07) is 11.3. The minimum Gasteiger partial charge on any atom is -0.383 e. The number of nitrogens with one attached hydrogen (secondary N) is 1. The molecule has 0 aliphatic heterocycles. The van der Waals surface area contributed by atoms with E-state index in [1.165, 1.54) is 6.33 Å². The molecule has 0 saturated heterocycles. The molecule has 1 atom stereocenters. The summed E-state index contributed by atoms with van der Waals surface area (Å²) in [5.41, 5.74) is 10.1. The number of benzene rings is 1. The van der Waals surface area contributed by atoms with Crippen LogP contribution in [-0.4, -0.2) is 30.6 Å². The highest BCUT2D eigenvalue weighted by molar-refractivity contribution is 6.04. The van der Waals surface area contributed by atoms with Crippen molar-refractivity contribution in [1.82, 2.24) is 24.7 Å². The Morgan fingerprint density at radius 1 is 1.12 bits per heavy atom. The van der Waals surface area contributed by atoms with Crippen LogP contribution in [0.4, 0.5) is 11.6 Å². The molecule has 1 unspecified atom stereocenters. The lowest BCUT2D eigenvalue weighted by molar-refractivity contribution is 0.102. The number of aromatic nitrogens is 5. The second-order valence-electron chi connectivity index (χ2n) is 7.84. The Kier molecular flexibility index (Phi) is 6.11. The Morgan fingerprint density at radius 2 is 1.91 bits per heavy atom. The average Bonchev–Trinajstić information content (AvgIpc) is 3.20. The molecule has 8 heteroatoms. The van der Waals surface area contributed by atoms with E-state index in [1.54, 1.807) is 18.3 Å². The van der Waals surface area contributed by atoms with Crippen molar-refractivity contribution in [2.75, 3.05) is 11.1 Å². The Bertz CT molecular complexity index is 1250. The first-order chi connectivity index (χ1) is 15.5. The van der Waals surface area contributed by atoms with Gasteiger partial charge >= 0.3 is 0 Å². The summed E-state index contributed by atoms with van der Waals surface area (Å²) >= 11 is 0. The van der Waals surface area contributed by atoms with Gasteiger partial charge in [0.2, 0.25) is 0 Å². The third-order valence-corrected chi connectivity index (χ3v) is 5.55. The van der Waals surface area contributed by atoms with Crippen molar-refractivity contribution in [1.29, 1.82) is 0 Å². The standard InChI is InChI=1S/C24H27N7O/c1-4-6-16-11-12-26-19(13-16)29-24(32)18-9-7-17(8-10-18)21-20-22(25)27-14-28-23(20)31(30-21)15(3)5-2/h7-15H,4-6H2,1-3H3,(H2,25,27,28)(H,26,29,32). The topological polar surface area (TPSA) is 112 Å². The number of aryl methyl sites for hydroxylation is 1. The van der Waals surface area contributed by atoms with Crippen molar-refractivity contribution < 1.29 is 4.79 Å². The number of nitrogens with zero attached hydrogens (tertiary/aromatic N) is 5. The molecule has 3 N–H and O–H groups in total. The summed E-state index contributed by atoms with van der Waals surface area (Å²) in [6.45, 7) is 6.31. The van der Waals surface area contributed by atoms with Gasteiger partial charge in [-0.15, -0.1) is 0 Å².